The zero-order valence-corrected chi connectivity index (χ0v) is 19.2. The largest absolute Gasteiger partial charge is 0.494 e. The van der Waals surface area contributed by atoms with Gasteiger partial charge in [0.15, 0.2) is 11.6 Å². The van der Waals surface area contributed by atoms with E-state index in [9.17, 15) is 4.39 Å². The van der Waals surface area contributed by atoms with Crippen molar-refractivity contribution in [3.8, 4) is 17.0 Å². The Kier molecular flexibility index (Phi) is 5.40. The van der Waals surface area contributed by atoms with Gasteiger partial charge in [-0.2, -0.15) is 5.10 Å². The first-order chi connectivity index (χ1) is 16.4. The number of benzene rings is 2. The van der Waals surface area contributed by atoms with Crippen molar-refractivity contribution in [1.29, 1.82) is 0 Å². The monoisotopic (exact) mass is 458 g/mol. The molecule has 0 spiro atoms. The normalized spacial score (nSPS) is 11.2. The van der Waals surface area contributed by atoms with E-state index in [-0.39, 0.29) is 5.75 Å². The molecule has 0 unspecified atom stereocenters. The number of methoxy groups -OCH3 is 1. The minimum absolute atomic E-state index is 0.212. The van der Waals surface area contributed by atoms with Crippen LogP contribution in [0, 0.1) is 19.7 Å². The molecule has 0 saturated heterocycles. The van der Waals surface area contributed by atoms with Crippen molar-refractivity contribution in [3.63, 3.8) is 0 Å². The Hall–Kier alpha value is -4.34. The van der Waals surface area contributed by atoms with Crippen LogP contribution in [0.4, 0.5) is 16.0 Å². The van der Waals surface area contributed by atoms with Crippen molar-refractivity contribution in [2.45, 2.75) is 20.4 Å². The molecular weight excluding hydrogens is 435 g/mol. The lowest BCUT2D eigenvalue weighted by molar-refractivity contribution is 0.386. The van der Waals surface area contributed by atoms with Gasteiger partial charge in [0.2, 0.25) is 5.95 Å². The number of halogens is 1. The zero-order chi connectivity index (χ0) is 23.8. The Bertz CT molecular complexity index is 1510. The van der Waals surface area contributed by atoms with Gasteiger partial charge in [0, 0.05) is 18.8 Å². The fraction of sp³-hybridized carbons (Fsp3) is 0.208. The van der Waals surface area contributed by atoms with Gasteiger partial charge in [-0.3, -0.25) is 4.68 Å². The molecule has 0 saturated carbocycles. The molecule has 0 atom stereocenters. The summed E-state index contributed by atoms with van der Waals surface area (Å²) in [6.07, 6.45) is 1.71. The van der Waals surface area contributed by atoms with Crippen molar-refractivity contribution >= 4 is 22.7 Å². The third-order valence-electron chi connectivity index (χ3n) is 5.76. The summed E-state index contributed by atoms with van der Waals surface area (Å²) >= 11 is 0. The molecule has 0 aliphatic carbocycles. The quantitative estimate of drug-likeness (QED) is 0.408. The van der Waals surface area contributed by atoms with Gasteiger partial charge >= 0.3 is 0 Å². The number of hydrogen-bond donors (Lipinski definition) is 1. The van der Waals surface area contributed by atoms with Gasteiger partial charge in [-0.05, 0) is 49.7 Å². The first-order valence-corrected chi connectivity index (χ1v) is 10.7. The summed E-state index contributed by atoms with van der Waals surface area (Å²) in [5.74, 6) is 0.294. The molecule has 34 heavy (non-hydrogen) atoms. The maximum Gasteiger partial charge on any atom is 0.227 e. The Labute approximate surface area is 195 Å². The summed E-state index contributed by atoms with van der Waals surface area (Å²) in [6.45, 7) is 4.32. The van der Waals surface area contributed by atoms with Crippen molar-refractivity contribution in [2.24, 2.45) is 7.05 Å². The summed E-state index contributed by atoms with van der Waals surface area (Å²) in [5.41, 5.74) is 6.75. The van der Waals surface area contributed by atoms with Gasteiger partial charge in [-0.15, -0.1) is 5.10 Å². The minimum atomic E-state index is -0.406. The van der Waals surface area contributed by atoms with Gasteiger partial charge in [0.1, 0.15) is 5.52 Å². The van der Waals surface area contributed by atoms with E-state index in [1.165, 1.54) is 13.2 Å². The fourth-order valence-electron chi connectivity index (χ4n) is 3.88. The lowest BCUT2D eigenvalue weighted by Gasteiger charge is -2.08. The van der Waals surface area contributed by atoms with Crippen molar-refractivity contribution in [1.82, 2.24) is 34.7 Å². The van der Waals surface area contributed by atoms with Crippen molar-refractivity contribution in [2.75, 3.05) is 12.4 Å². The van der Waals surface area contributed by atoms with E-state index in [0.29, 0.717) is 12.5 Å². The summed E-state index contributed by atoms with van der Waals surface area (Å²) in [5, 5.41) is 16.2. The summed E-state index contributed by atoms with van der Waals surface area (Å²) < 4.78 is 22.6. The van der Waals surface area contributed by atoms with Crippen LogP contribution in [0.15, 0.2) is 48.7 Å². The van der Waals surface area contributed by atoms with E-state index in [4.69, 9.17) is 4.74 Å². The molecule has 0 aliphatic rings. The van der Waals surface area contributed by atoms with Crippen LogP contribution in [0.5, 0.6) is 5.75 Å². The number of ether oxygens (including phenoxy) is 1. The molecule has 3 heterocycles. The van der Waals surface area contributed by atoms with Crippen LogP contribution in [0.1, 0.15) is 17.0 Å². The molecule has 2 aromatic carbocycles. The van der Waals surface area contributed by atoms with Crippen LogP contribution < -0.4 is 10.1 Å². The Morgan fingerprint density at radius 2 is 1.94 bits per heavy atom. The number of fused-ring (bicyclic) bond motifs is 1. The third kappa shape index (κ3) is 3.94. The lowest BCUT2D eigenvalue weighted by atomic mass is 10.1. The summed E-state index contributed by atoms with van der Waals surface area (Å²) in [4.78, 5) is 9.02. The van der Waals surface area contributed by atoms with E-state index in [2.05, 4.69) is 30.7 Å². The third-order valence-corrected chi connectivity index (χ3v) is 5.76. The summed E-state index contributed by atoms with van der Waals surface area (Å²) in [6, 6.07) is 12.5. The standard InChI is InChI=1S/C24H23FN8O/c1-14-23(15(2)32(3)30-14)28-24-26-10-9-19(27-24)17-6-7-21-20(12-17)29-31-33(21)13-16-5-8-22(34-4)18(25)11-16/h5-12H,13H2,1-4H3,(H,26,27,28). The van der Waals surface area contributed by atoms with Crippen molar-refractivity contribution < 1.29 is 9.13 Å². The Morgan fingerprint density at radius 3 is 2.68 bits per heavy atom. The van der Waals surface area contributed by atoms with E-state index >= 15 is 0 Å². The fourth-order valence-corrected chi connectivity index (χ4v) is 3.88. The Balaban J connectivity index is 1.41. The predicted molar refractivity (Wildman–Crippen MR) is 127 cm³/mol. The molecule has 5 aromatic rings. The number of aryl methyl sites for hydroxylation is 2. The molecule has 172 valence electrons. The zero-order valence-electron chi connectivity index (χ0n) is 19.2. The number of nitrogens with zero attached hydrogens (tertiary/aromatic N) is 7. The molecule has 10 heteroatoms. The second kappa shape index (κ2) is 8.54. The van der Waals surface area contributed by atoms with Crippen LogP contribution >= 0.6 is 0 Å². The molecule has 0 bridgehead atoms. The lowest BCUT2D eigenvalue weighted by Crippen LogP contribution is -2.02. The topological polar surface area (TPSA) is 95.6 Å². The molecule has 0 aliphatic heterocycles. The van der Waals surface area contributed by atoms with E-state index in [0.717, 1.165) is 44.9 Å². The average molecular weight is 459 g/mol. The maximum absolute atomic E-state index is 14.1. The van der Waals surface area contributed by atoms with Crippen LogP contribution in [0.2, 0.25) is 0 Å². The highest BCUT2D eigenvalue weighted by atomic mass is 19.1. The highest BCUT2D eigenvalue weighted by Gasteiger charge is 2.13. The molecule has 0 amide bonds. The SMILES string of the molecule is COc1ccc(Cn2nnc3cc(-c4ccnc(Nc5c(C)nn(C)c5C)n4)ccc32)cc1F. The second-order valence-electron chi connectivity index (χ2n) is 7.98. The van der Waals surface area contributed by atoms with Crippen LogP contribution in [-0.2, 0) is 13.6 Å². The van der Waals surface area contributed by atoms with E-state index in [1.807, 2.05) is 55.9 Å². The average Bonchev–Trinajstić information content (AvgIpc) is 3.34. The molecular formula is C24H23FN8O. The first-order valence-electron chi connectivity index (χ1n) is 10.7. The second-order valence-corrected chi connectivity index (χ2v) is 7.98. The van der Waals surface area contributed by atoms with Crippen LogP contribution in [0.25, 0.3) is 22.3 Å². The first kappa shape index (κ1) is 21.5. The van der Waals surface area contributed by atoms with Gasteiger partial charge in [0.05, 0.1) is 41.9 Å². The molecule has 3 aromatic heterocycles. The van der Waals surface area contributed by atoms with E-state index in [1.54, 1.807) is 16.9 Å². The van der Waals surface area contributed by atoms with Gasteiger partial charge in [0.25, 0.3) is 0 Å². The summed E-state index contributed by atoms with van der Waals surface area (Å²) in [7, 11) is 3.34. The van der Waals surface area contributed by atoms with Gasteiger partial charge in [-0.25, -0.2) is 19.0 Å². The number of anilines is 2. The number of rotatable bonds is 6. The van der Waals surface area contributed by atoms with Crippen LogP contribution in [0.3, 0.4) is 0 Å². The smallest absolute Gasteiger partial charge is 0.227 e. The van der Waals surface area contributed by atoms with Gasteiger partial charge in [-0.1, -0.05) is 17.3 Å². The molecule has 0 fully saturated rings. The molecule has 5 rings (SSSR count). The minimum Gasteiger partial charge on any atom is -0.494 e. The van der Waals surface area contributed by atoms with Crippen molar-refractivity contribution in [3.05, 3.63) is 71.4 Å². The highest BCUT2D eigenvalue weighted by Crippen LogP contribution is 2.26. The predicted octanol–water partition coefficient (Wildman–Crippen LogP) is 4.18. The van der Waals surface area contributed by atoms with Crippen LogP contribution in [-0.4, -0.2) is 41.9 Å². The highest BCUT2D eigenvalue weighted by molar-refractivity contribution is 5.81. The molecule has 0 radical (unpaired) electrons. The number of hydrogen-bond acceptors (Lipinski definition) is 7. The molecule has 1 N–H and O–H groups in total. The number of nitrogens with one attached hydrogen (secondary N) is 1. The molecule has 9 nitrogen and oxygen atoms in total. The van der Waals surface area contributed by atoms with Gasteiger partial charge < -0.3 is 10.1 Å². The van der Waals surface area contributed by atoms with E-state index < -0.39 is 5.82 Å². The Morgan fingerprint density at radius 1 is 1.09 bits per heavy atom. The maximum atomic E-state index is 14.1. The number of aromatic nitrogens is 7.